The number of nitrogens with zero attached hydrogens (tertiary/aromatic N) is 1. The van der Waals surface area contributed by atoms with E-state index in [1.165, 1.54) is 0 Å². The molecule has 1 aliphatic rings. The molecule has 104 valence electrons. The molecule has 1 amide bonds. The van der Waals surface area contributed by atoms with Crippen molar-refractivity contribution in [1.82, 2.24) is 4.90 Å². The normalized spacial score (nSPS) is 21.6. The van der Waals surface area contributed by atoms with Crippen LogP contribution in [-0.2, 0) is 4.74 Å². The van der Waals surface area contributed by atoms with Crippen LogP contribution in [0.1, 0.15) is 30.1 Å². The van der Waals surface area contributed by atoms with Crippen molar-refractivity contribution in [2.45, 2.75) is 31.9 Å². The molecule has 0 heterocycles. The van der Waals surface area contributed by atoms with E-state index in [-0.39, 0.29) is 5.91 Å². The fourth-order valence-electron chi connectivity index (χ4n) is 2.31. The Morgan fingerprint density at radius 2 is 2.05 bits per heavy atom. The standard InChI is InChI=1S/C15H22N2O2/c1-4-19-12-9-11(10-12)16-14-8-6-5-7-13(14)15(18)17(2)3/h5-8,11-12,16H,4,9-10H2,1-3H3. The number of anilines is 1. The van der Waals surface area contributed by atoms with Crippen molar-refractivity contribution in [3.8, 4) is 0 Å². The Kier molecular flexibility index (Phi) is 4.43. The Labute approximate surface area is 114 Å². The number of benzene rings is 1. The summed E-state index contributed by atoms with van der Waals surface area (Å²) in [4.78, 5) is 13.7. The summed E-state index contributed by atoms with van der Waals surface area (Å²) in [6.07, 6.45) is 2.40. The third-order valence-corrected chi connectivity index (χ3v) is 3.42. The number of amides is 1. The summed E-state index contributed by atoms with van der Waals surface area (Å²) in [5, 5.41) is 3.44. The SMILES string of the molecule is CCOC1CC(Nc2ccccc2C(=O)N(C)C)C1. The molecule has 1 aromatic carbocycles. The van der Waals surface area contributed by atoms with Gasteiger partial charge >= 0.3 is 0 Å². The number of nitrogens with one attached hydrogen (secondary N) is 1. The molecule has 1 fully saturated rings. The van der Waals surface area contributed by atoms with Gasteiger partial charge < -0.3 is 15.0 Å². The average Bonchev–Trinajstić information content (AvgIpc) is 2.36. The molecule has 19 heavy (non-hydrogen) atoms. The van der Waals surface area contributed by atoms with Crippen LogP contribution in [0, 0.1) is 0 Å². The highest BCUT2D eigenvalue weighted by Gasteiger charge is 2.30. The van der Waals surface area contributed by atoms with Crippen LogP contribution >= 0.6 is 0 Å². The van der Waals surface area contributed by atoms with Gasteiger partial charge in [-0.1, -0.05) is 12.1 Å². The first-order valence-electron chi connectivity index (χ1n) is 6.80. The van der Waals surface area contributed by atoms with E-state index < -0.39 is 0 Å². The number of ether oxygens (including phenoxy) is 1. The van der Waals surface area contributed by atoms with Crippen molar-refractivity contribution >= 4 is 11.6 Å². The minimum Gasteiger partial charge on any atom is -0.381 e. The Balaban J connectivity index is 2.00. The van der Waals surface area contributed by atoms with E-state index in [1.807, 2.05) is 31.2 Å². The molecule has 4 nitrogen and oxygen atoms in total. The van der Waals surface area contributed by atoms with Gasteiger partial charge in [-0.25, -0.2) is 0 Å². The Morgan fingerprint density at radius 3 is 2.68 bits per heavy atom. The molecule has 4 heteroatoms. The fraction of sp³-hybridized carbons (Fsp3) is 0.533. The monoisotopic (exact) mass is 262 g/mol. The highest BCUT2D eigenvalue weighted by Crippen LogP contribution is 2.28. The maximum absolute atomic E-state index is 12.1. The molecule has 0 spiro atoms. The van der Waals surface area contributed by atoms with Crippen molar-refractivity contribution in [2.75, 3.05) is 26.0 Å². The van der Waals surface area contributed by atoms with Crippen LogP contribution in [0.3, 0.4) is 0 Å². The lowest BCUT2D eigenvalue weighted by molar-refractivity contribution is 0.00298. The van der Waals surface area contributed by atoms with Gasteiger partial charge in [-0.3, -0.25) is 4.79 Å². The van der Waals surface area contributed by atoms with Crippen molar-refractivity contribution in [3.63, 3.8) is 0 Å². The molecule has 0 aliphatic heterocycles. The van der Waals surface area contributed by atoms with Crippen molar-refractivity contribution in [3.05, 3.63) is 29.8 Å². The van der Waals surface area contributed by atoms with Gasteiger partial charge in [0.2, 0.25) is 0 Å². The van der Waals surface area contributed by atoms with E-state index in [1.54, 1.807) is 19.0 Å². The van der Waals surface area contributed by atoms with Crippen LogP contribution in [0.15, 0.2) is 24.3 Å². The lowest BCUT2D eigenvalue weighted by Crippen LogP contribution is -2.41. The van der Waals surface area contributed by atoms with Gasteiger partial charge in [0.15, 0.2) is 0 Å². The smallest absolute Gasteiger partial charge is 0.255 e. The second-order valence-electron chi connectivity index (χ2n) is 5.14. The van der Waals surface area contributed by atoms with Crippen LogP contribution in [0.25, 0.3) is 0 Å². The molecular formula is C15H22N2O2. The molecule has 0 aromatic heterocycles. The summed E-state index contributed by atoms with van der Waals surface area (Å²) in [5.41, 5.74) is 1.65. The molecule has 1 saturated carbocycles. The van der Waals surface area contributed by atoms with Crippen LogP contribution in [-0.4, -0.2) is 43.7 Å². The minimum atomic E-state index is 0.0313. The zero-order chi connectivity index (χ0) is 13.8. The van der Waals surface area contributed by atoms with Gasteiger partial charge in [-0.15, -0.1) is 0 Å². The number of carbonyl (C=O) groups is 1. The predicted molar refractivity (Wildman–Crippen MR) is 76.5 cm³/mol. The maximum atomic E-state index is 12.1. The van der Waals surface area contributed by atoms with Crippen molar-refractivity contribution < 1.29 is 9.53 Å². The first-order chi connectivity index (χ1) is 9.11. The maximum Gasteiger partial charge on any atom is 0.255 e. The van der Waals surface area contributed by atoms with E-state index >= 15 is 0 Å². The molecule has 0 atom stereocenters. The predicted octanol–water partition coefficient (Wildman–Crippen LogP) is 2.37. The number of rotatable bonds is 5. The summed E-state index contributed by atoms with van der Waals surface area (Å²) in [6.45, 7) is 2.79. The van der Waals surface area contributed by atoms with E-state index in [0.717, 1.165) is 30.7 Å². The molecule has 2 rings (SSSR count). The van der Waals surface area contributed by atoms with E-state index in [0.29, 0.717) is 12.1 Å². The van der Waals surface area contributed by atoms with Crippen molar-refractivity contribution in [2.24, 2.45) is 0 Å². The zero-order valence-electron chi connectivity index (χ0n) is 11.8. The second kappa shape index (κ2) is 6.06. The Hall–Kier alpha value is -1.55. The number of hydrogen-bond acceptors (Lipinski definition) is 3. The summed E-state index contributed by atoms with van der Waals surface area (Å²) >= 11 is 0. The number of para-hydroxylation sites is 1. The summed E-state index contributed by atoms with van der Waals surface area (Å²) in [6, 6.07) is 8.08. The van der Waals surface area contributed by atoms with Gasteiger partial charge in [-0.05, 0) is 31.9 Å². The molecule has 1 N–H and O–H groups in total. The van der Waals surface area contributed by atoms with Gasteiger partial charge in [0.1, 0.15) is 0 Å². The van der Waals surface area contributed by atoms with E-state index in [2.05, 4.69) is 5.32 Å². The zero-order valence-corrected chi connectivity index (χ0v) is 11.8. The van der Waals surface area contributed by atoms with Gasteiger partial charge in [0.25, 0.3) is 5.91 Å². The van der Waals surface area contributed by atoms with Crippen LogP contribution in [0.5, 0.6) is 0 Å². The summed E-state index contributed by atoms with van der Waals surface area (Å²) in [5.74, 6) is 0.0313. The summed E-state index contributed by atoms with van der Waals surface area (Å²) < 4.78 is 5.55. The third kappa shape index (κ3) is 3.26. The fourth-order valence-corrected chi connectivity index (χ4v) is 2.31. The van der Waals surface area contributed by atoms with Gasteiger partial charge in [0.05, 0.1) is 11.7 Å². The van der Waals surface area contributed by atoms with Gasteiger partial charge in [0, 0.05) is 32.4 Å². The number of hydrogen-bond donors (Lipinski definition) is 1. The number of carbonyl (C=O) groups excluding carboxylic acids is 1. The Bertz CT molecular complexity index is 440. The lowest BCUT2D eigenvalue weighted by atomic mass is 9.88. The van der Waals surface area contributed by atoms with E-state index in [9.17, 15) is 4.79 Å². The van der Waals surface area contributed by atoms with Crippen LogP contribution in [0.4, 0.5) is 5.69 Å². The third-order valence-electron chi connectivity index (χ3n) is 3.42. The minimum absolute atomic E-state index is 0.0313. The molecule has 1 aliphatic carbocycles. The second-order valence-corrected chi connectivity index (χ2v) is 5.14. The molecular weight excluding hydrogens is 240 g/mol. The average molecular weight is 262 g/mol. The van der Waals surface area contributed by atoms with Gasteiger partial charge in [-0.2, -0.15) is 0 Å². The largest absolute Gasteiger partial charge is 0.381 e. The Morgan fingerprint density at radius 1 is 1.37 bits per heavy atom. The quantitative estimate of drug-likeness (QED) is 0.885. The lowest BCUT2D eigenvalue weighted by Gasteiger charge is -2.36. The highest BCUT2D eigenvalue weighted by atomic mass is 16.5. The summed E-state index contributed by atoms with van der Waals surface area (Å²) in [7, 11) is 3.54. The first-order valence-corrected chi connectivity index (χ1v) is 6.80. The molecule has 0 bridgehead atoms. The molecule has 0 saturated heterocycles. The van der Waals surface area contributed by atoms with Crippen LogP contribution < -0.4 is 5.32 Å². The molecule has 0 unspecified atom stereocenters. The van der Waals surface area contributed by atoms with E-state index in [4.69, 9.17) is 4.74 Å². The highest BCUT2D eigenvalue weighted by molar-refractivity contribution is 5.99. The molecule has 0 radical (unpaired) electrons. The van der Waals surface area contributed by atoms with Crippen molar-refractivity contribution in [1.29, 1.82) is 0 Å². The first kappa shape index (κ1) is 13.9. The molecule has 1 aromatic rings. The topological polar surface area (TPSA) is 41.6 Å². The van der Waals surface area contributed by atoms with Crippen LogP contribution in [0.2, 0.25) is 0 Å².